The van der Waals surface area contributed by atoms with Gasteiger partial charge >= 0.3 is 0 Å². The van der Waals surface area contributed by atoms with Crippen LogP contribution in [0.2, 0.25) is 0 Å². The summed E-state index contributed by atoms with van der Waals surface area (Å²) < 4.78 is 5.91. The quantitative estimate of drug-likeness (QED) is 0.882. The predicted molar refractivity (Wildman–Crippen MR) is 103 cm³/mol. The fourth-order valence-electron chi connectivity index (χ4n) is 3.20. The lowest BCUT2D eigenvalue weighted by Gasteiger charge is -2.31. The SMILES string of the molecule is Cc1ccccc1-c1nc(CN2CCCC(CN)C2)c(C)o1.Cl.Cl. The van der Waals surface area contributed by atoms with E-state index in [9.17, 15) is 0 Å². The number of likely N-dealkylation sites (tertiary alicyclic amines) is 1. The van der Waals surface area contributed by atoms with Crippen molar-refractivity contribution in [3.8, 4) is 11.5 Å². The predicted octanol–water partition coefficient (Wildman–Crippen LogP) is 3.97. The Kier molecular flexibility index (Phi) is 8.23. The van der Waals surface area contributed by atoms with E-state index in [1.165, 1.54) is 18.4 Å². The number of nitrogens with zero attached hydrogens (tertiary/aromatic N) is 2. The van der Waals surface area contributed by atoms with Gasteiger partial charge in [0, 0.05) is 18.7 Å². The summed E-state index contributed by atoms with van der Waals surface area (Å²) >= 11 is 0. The standard InChI is InChI=1S/C18H25N3O.2ClH/c1-13-6-3-4-8-16(13)18-20-17(14(2)22-18)12-21-9-5-7-15(10-19)11-21;;/h3-4,6,8,15H,5,7,9-12,19H2,1-2H3;2*1H. The summed E-state index contributed by atoms with van der Waals surface area (Å²) in [6.07, 6.45) is 2.47. The van der Waals surface area contributed by atoms with E-state index in [-0.39, 0.29) is 24.8 Å². The Hall–Kier alpha value is -1.07. The summed E-state index contributed by atoms with van der Waals surface area (Å²) in [5, 5.41) is 0. The van der Waals surface area contributed by atoms with Gasteiger partial charge in [-0.15, -0.1) is 24.8 Å². The van der Waals surface area contributed by atoms with Crippen LogP contribution < -0.4 is 5.73 Å². The second-order valence-electron chi connectivity index (χ2n) is 6.32. The summed E-state index contributed by atoms with van der Waals surface area (Å²) in [6, 6.07) is 8.22. The lowest BCUT2D eigenvalue weighted by atomic mass is 9.98. The monoisotopic (exact) mass is 371 g/mol. The molecule has 1 atom stereocenters. The van der Waals surface area contributed by atoms with Gasteiger partial charge in [-0.1, -0.05) is 18.2 Å². The first kappa shape index (κ1) is 21.0. The molecule has 0 amide bonds. The molecule has 2 aromatic rings. The zero-order valence-electron chi connectivity index (χ0n) is 14.3. The third-order valence-electron chi connectivity index (χ3n) is 4.58. The number of aryl methyl sites for hydroxylation is 2. The Bertz CT molecular complexity index is 645. The van der Waals surface area contributed by atoms with Crippen molar-refractivity contribution < 1.29 is 4.42 Å². The van der Waals surface area contributed by atoms with Crippen LogP contribution in [0.5, 0.6) is 0 Å². The summed E-state index contributed by atoms with van der Waals surface area (Å²) in [5.41, 5.74) is 9.15. The molecule has 0 aliphatic carbocycles. The van der Waals surface area contributed by atoms with Crippen LogP contribution >= 0.6 is 24.8 Å². The number of halogens is 2. The van der Waals surface area contributed by atoms with E-state index >= 15 is 0 Å². The van der Waals surface area contributed by atoms with Gasteiger partial charge in [0.25, 0.3) is 0 Å². The number of benzene rings is 1. The minimum absolute atomic E-state index is 0. The molecule has 1 aromatic carbocycles. The number of piperidine rings is 1. The molecule has 2 heterocycles. The maximum absolute atomic E-state index is 5.91. The van der Waals surface area contributed by atoms with E-state index in [1.807, 2.05) is 19.1 Å². The third kappa shape index (κ3) is 4.73. The largest absolute Gasteiger partial charge is 0.441 e. The van der Waals surface area contributed by atoms with E-state index in [0.29, 0.717) is 5.92 Å². The highest BCUT2D eigenvalue weighted by atomic mass is 35.5. The first-order valence-corrected chi connectivity index (χ1v) is 8.12. The van der Waals surface area contributed by atoms with Crippen molar-refractivity contribution in [3.63, 3.8) is 0 Å². The van der Waals surface area contributed by atoms with Crippen LogP contribution in [0.4, 0.5) is 0 Å². The molecule has 2 N–H and O–H groups in total. The van der Waals surface area contributed by atoms with Crippen molar-refractivity contribution in [1.29, 1.82) is 0 Å². The first-order chi connectivity index (χ1) is 10.7. The van der Waals surface area contributed by atoms with Crippen LogP contribution in [0, 0.1) is 19.8 Å². The maximum atomic E-state index is 5.91. The second-order valence-corrected chi connectivity index (χ2v) is 6.32. The van der Waals surface area contributed by atoms with Gasteiger partial charge < -0.3 is 10.2 Å². The Balaban J connectivity index is 0.00000144. The van der Waals surface area contributed by atoms with Crippen LogP contribution in [0.1, 0.15) is 29.9 Å². The highest BCUT2D eigenvalue weighted by molar-refractivity contribution is 5.85. The molecule has 0 spiro atoms. The molecule has 24 heavy (non-hydrogen) atoms. The van der Waals surface area contributed by atoms with Crippen molar-refractivity contribution in [3.05, 3.63) is 41.3 Å². The highest BCUT2D eigenvalue weighted by Crippen LogP contribution is 2.26. The molecule has 134 valence electrons. The van der Waals surface area contributed by atoms with Gasteiger partial charge in [-0.05, 0) is 57.3 Å². The minimum Gasteiger partial charge on any atom is -0.441 e. The molecule has 1 fully saturated rings. The Morgan fingerprint density at radius 2 is 2.00 bits per heavy atom. The fraction of sp³-hybridized carbons (Fsp3) is 0.500. The Morgan fingerprint density at radius 3 is 2.71 bits per heavy atom. The van der Waals surface area contributed by atoms with Gasteiger partial charge in [0.2, 0.25) is 5.89 Å². The van der Waals surface area contributed by atoms with Gasteiger partial charge in [0.1, 0.15) is 5.76 Å². The zero-order valence-corrected chi connectivity index (χ0v) is 16.0. The van der Waals surface area contributed by atoms with E-state index in [4.69, 9.17) is 15.1 Å². The molecule has 1 unspecified atom stereocenters. The minimum atomic E-state index is 0. The highest BCUT2D eigenvalue weighted by Gasteiger charge is 2.21. The summed E-state index contributed by atoms with van der Waals surface area (Å²) in [5.74, 6) is 2.28. The zero-order chi connectivity index (χ0) is 15.5. The average Bonchev–Trinajstić information content (AvgIpc) is 2.89. The molecule has 1 aromatic heterocycles. The van der Waals surface area contributed by atoms with Crippen LogP contribution in [0.15, 0.2) is 28.7 Å². The molecule has 6 heteroatoms. The number of oxazole rings is 1. The molecule has 1 saturated heterocycles. The number of hydrogen-bond donors (Lipinski definition) is 1. The molecular formula is C18H27Cl2N3O. The summed E-state index contributed by atoms with van der Waals surface area (Å²) in [7, 11) is 0. The number of hydrogen-bond acceptors (Lipinski definition) is 4. The molecule has 4 nitrogen and oxygen atoms in total. The van der Waals surface area contributed by atoms with Gasteiger partial charge in [-0.2, -0.15) is 0 Å². The normalized spacial score (nSPS) is 17.9. The van der Waals surface area contributed by atoms with Crippen molar-refractivity contribution in [1.82, 2.24) is 9.88 Å². The van der Waals surface area contributed by atoms with Crippen molar-refractivity contribution in [2.45, 2.75) is 33.2 Å². The third-order valence-corrected chi connectivity index (χ3v) is 4.58. The average molecular weight is 372 g/mol. The smallest absolute Gasteiger partial charge is 0.226 e. The Labute approximate surface area is 156 Å². The van der Waals surface area contributed by atoms with Crippen LogP contribution in [-0.4, -0.2) is 29.5 Å². The van der Waals surface area contributed by atoms with Crippen LogP contribution in [-0.2, 0) is 6.54 Å². The first-order valence-electron chi connectivity index (χ1n) is 8.12. The molecule has 1 aliphatic heterocycles. The number of rotatable bonds is 4. The summed E-state index contributed by atoms with van der Waals surface area (Å²) in [6.45, 7) is 7.94. The van der Waals surface area contributed by atoms with Crippen molar-refractivity contribution in [2.24, 2.45) is 11.7 Å². The van der Waals surface area contributed by atoms with Gasteiger partial charge in [-0.3, -0.25) is 4.90 Å². The lowest BCUT2D eigenvalue weighted by Crippen LogP contribution is -2.38. The van der Waals surface area contributed by atoms with Crippen molar-refractivity contribution in [2.75, 3.05) is 19.6 Å². The molecule has 0 bridgehead atoms. The van der Waals surface area contributed by atoms with Gasteiger partial charge in [0.05, 0.1) is 5.69 Å². The topological polar surface area (TPSA) is 55.3 Å². The van der Waals surface area contributed by atoms with Crippen LogP contribution in [0.25, 0.3) is 11.5 Å². The number of aromatic nitrogens is 1. The van der Waals surface area contributed by atoms with Crippen molar-refractivity contribution >= 4 is 24.8 Å². The van der Waals surface area contributed by atoms with E-state index in [2.05, 4.69) is 24.0 Å². The van der Waals surface area contributed by atoms with E-state index < -0.39 is 0 Å². The maximum Gasteiger partial charge on any atom is 0.226 e. The second kappa shape index (κ2) is 9.42. The van der Waals surface area contributed by atoms with E-state index in [1.54, 1.807) is 0 Å². The van der Waals surface area contributed by atoms with E-state index in [0.717, 1.165) is 49.1 Å². The Morgan fingerprint density at radius 1 is 1.25 bits per heavy atom. The molecule has 3 rings (SSSR count). The fourth-order valence-corrected chi connectivity index (χ4v) is 3.20. The van der Waals surface area contributed by atoms with Gasteiger partial charge in [0.15, 0.2) is 0 Å². The molecule has 0 saturated carbocycles. The lowest BCUT2D eigenvalue weighted by molar-refractivity contribution is 0.169. The number of nitrogens with two attached hydrogens (primary N) is 1. The summed E-state index contributed by atoms with van der Waals surface area (Å²) in [4.78, 5) is 7.20. The molecule has 1 aliphatic rings. The molecule has 0 radical (unpaired) electrons. The molecular weight excluding hydrogens is 345 g/mol. The van der Waals surface area contributed by atoms with Crippen LogP contribution in [0.3, 0.4) is 0 Å². The van der Waals surface area contributed by atoms with Gasteiger partial charge in [-0.25, -0.2) is 4.98 Å².